The number of rotatable bonds is 5. The molecule has 2 aromatic rings. The van der Waals surface area contributed by atoms with Gasteiger partial charge in [0.1, 0.15) is 5.75 Å². The second kappa shape index (κ2) is 7.77. The number of amides is 1. The average Bonchev–Trinajstić information content (AvgIpc) is 3.04. The minimum atomic E-state index is 0.00609. The standard InChI is InChI=1S/C18H23N3O2S/c1-2-23-15-8-6-12(7-9-15)16-11-24-18(20-16)21-17(22)13-4-3-5-14(19)10-13/h6-9,11,13-14H,2-5,10,19H2,1H3,(H,20,21,22). The van der Waals surface area contributed by atoms with Gasteiger partial charge in [-0.1, -0.05) is 6.42 Å². The summed E-state index contributed by atoms with van der Waals surface area (Å²) in [6.07, 6.45) is 3.72. The zero-order valence-corrected chi connectivity index (χ0v) is 14.6. The molecule has 1 aliphatic carbocycles. The molecular formula is C18H23N3O2S. The van der Waals surface area contributed by atoms with E-state index in [4.69, 9.17) is 10.5 Å². The third kappa shape index (κ3) is 4.13. The SMILES string of the molecule is CCOc1ccc(-c2csc(NC(=O)C3CCCC(N)C3)n2)cc1. The molecule has 1 amide bonds. The zero-order chi connectivity index (χ0) is 16.9. The fourth-order valence-corrected chi connectivity index (χ4v) is 3.75. The summed E-state index contributed by atoms with van der Waals surface area (Å²) in [6.45, 7) is 2.61. The van der Waals surface area contributed by atoms with Crippen molar-refractivity contribution in [2.45, 2.75) is 38.6 Å². The summed E-state index contributed by atoms with van der Waals surface area (Å²) in [7, 11) is 0. The molecule has 1 heterocycles. The summed E-state index contributed by atoms with van der Waals surface area (Å²) in [5, 5.41) is 5.54. The van der Waals surface area contributed by atoms with E-state index in [1.165, 1.54) is 11.3 Å². The Balaban J connectivity index is 1.63. The molecule has 2 atom stereocenters. The summed E-state index contributed by atoms with van der Waals surface area (Å²) in [5.41, 5.74) is 7.84. The van der Waals surface area contributed by atoms with Gasteiger partial charge in [-0.05, 0) is 50.5 Å². The summed E-state index contributed by atoms with van der Waals surface area (Å²) < 4.78 is 5.45. The number of nitrogens with zero attached hydrogens (tertiary/aromatic N) is 1. The van der Waals surface area contributed by atoms with Crippen LogP contribution in [0.3, 0.4) is 0 Å². The molecule has 0 saturated heterocycles. The van der Waals surface area contributed by atoms with Crippen LogP contribution in [0.5, 0.6) is 5.75 Å². The lowest BCUT2D eigenvalue weighted by Gasteiger charge is -2.25. The van der Waals surface area contributed by atoms with Crippen LogP contribution in [0.25, 0.3) is 11.3 Å². The number of anilines is 1. The van der Waals surface area contributed by atoms with Gasteiger partial charge in [0.05, 0.1) is 12.3 Å². The molecule has 24 heavy (non-hydrogen) atoms. The van der Waals surface area contributed by atoms with Crippen LogP contribution in [-0.2, 0) is 4.79 Å². The molecule has 0 radical (unpaired) electrons. The maximum Gasteiger partial charge on any atom is 0.229 e. The van der Waals surface area contributed by atoms with Crippen LogP contribution in [0, 0.1) is 5.92 Å². The highest BCUT2D eigenvalue weighted by atomic mass is 32.1. The molecule has 1 aromatic heterocycles. The van der Waals surface area contributed by atoms with Crippen LogP contribution in [0.2, 0.25) is 0 Å². The van der Waals surface area contributed by atoms with Gasteiger partial charge in [0.2, 0.25) is 5.91 Å². The molecule has 3 N–H and O–H groups in total. The van der Waals surface area contributed by atoms with Gasteiger partial charge < -0.3 is 15.8 Å². The van der Waals surface area contributed by atoms with E-state index in [9.17, 15) is 4.79 Å². The van der Waals surface area contributed by atoms with Gasteiger partial charge in [0.25, 0.3) is 0 Å². The second-order valence-electron chi connectivity index (χ2n) is 6.11. The highest BCUT2D eigenvalue weighted by Crippen LogP contribution is 2.28. The molecule has 0 bridgehead atoms. The highest BCUT2D eigenvalue weighted by molar-refractivity contribution is 7.14. The predicted molar refractivity (Wildman–Crippen MR) is 97.3 cm³/mol. The number of ether oxygens (including phenoxy) is 1. The van der Waals surface area contributed by atoms with Gasteiger partial charge >= 0.3 is 0 Å². The first-order valence-electron chi connectivity index (χ1n) is 8.41. The second-order valence-corrected chi connectivity index (χ2v) is 6.97. The van der Waals surface area contributed by atoms with Gasteiger partial charge in [-0.2, -0.15) is 0 Å². The number of nitrogens with one attached hydrogen (secondary N) is 1. The summed E-state index contributed by atoms with van der Waals surface area (Å²) in [4.78, 5) is 16.9. The molecule has 6 heteroatoms. The van der Waals surface area contributed by atoms with Crippen molar-refractivity contribution in [1.82, 2.24) is 4.98 Å². The Kier molecular flexibility index (Phi) is 5.48. The molecule has 1 saturated carbocycles. The molecule has 1 aromatic carbocycles. The first-order valence-corrected chi connectivity index (χ1v) is 9.29. The lowest BCUT2D eigenvalue weighted by atomic mass is 9.86. The van der Waals surface area contributed by atoms with Crippen molar-refractivity contribution < 1.29 is 9.53 Å². The Morgan fingerprint density at radius 1 is 1.38 bits per heavy atom. The first kappa shape index (κ1) is 16.9. The van der Waals surface area contributed by atoms with Crippen molar-refractivity contribution in [2.75, 3.05) is 11.9 Å². The number of aromatic nitrogens is 1. The van der Waals surface area contributed by atoms with Gasteiger partial charge in [-0.3, -0.25) is 4.79 Å². The fourth-order valence-electron chi connectivity index (χ4n) is 3.03. The van der Waals surface area contributed by atoms with Crippen LogP contribution in [-0.4, -0.2) is 23.5 Å². The Bertz CT molecular complexity index is 684. The zero-order valence-electron chi connectivity index (χ0n) is 13.8. The minimum absolute atomic E-state index is 0.00609. The van der Waals surface area contributed by atoms with E-state index in [1.807, 2.05) is 36.6 Å². The Hall–Kier alpha value is -1.92. The smallest absolute Gasteiger partial charge is 0.229 e. The Morgan fingerprint density at radius 2 is 2.17 bits per heavy atom. The van der Waals surface area contributed by atoms with Crippen LogP contribution < -0.4 is 15.8 Å². The molecule has 0 aliphatic heterocycles. The summed E-state index contributed by atoms with van der Waals surface area (Å²) in [6, 6.07) is 7.96. The normalized spacial score (nSPS) is 20.6. The fraction of sp³-hybridized carbons (Fsp3) is 0.444. The number of hydrogen-bond donors (Lipinski definition) is 2. The van der Waals surface area contributed by atoms with E-state index in [1.54, 1.807) is 0 Å². The molecule has 1 fully saturated rings. The predicted octanol–water partition coefficient (Wildman–Crippen LogP) is 3.66. The van der Waals surface area contributed by atoms with Crippen LogP contribution in [0.15, 0.2) is 29.6 Å². The monoisotopic (exact) mass is 345 g/mol. The first-order chi connectivity index (χ1) is 11.7. The van der Waals surface area contributed by atoms with Crippen molar-refractivity contribution in [3.05, 3.63) is 29.6 Å². The van der Waals surface area contributed by atoms with E-state index in [-0.39, 0.29) is 17.9 Å². The van der Waals surface area contributed by atoms with E-state index in [0.717, 1.165) is 42.7 Å². The topological polar surface area (TPSA) is 77.2 Å². The average molecular weight is 345 g/mol. The molecule has 3 rings (SSSR count). The maximum atomic E-state index is 12.4. The van der Waals surface area contributed by atoms with Crippen LogP contribution in [0.1, 0.15) is 32.6 Å². The van der Waals surface area contributed by atoms with Crippen LogP contribution in [0.4, 0.5) is 5.13 Å². The number of benzene rings is 1. The summed E-state index contributed by atoms with van der Waals surface area (Å²) >= 11 is 1.45. The van der Waals surface area contributed by atoms with Crippen molar-refractivity contribution >= 4 is 22.4 Å². The maximum absolute atomic E-state index is 12.4. The lowest BCUT2D eigenvalue weighted by molar-refractivity contribution is -0.120. The Labute approximate surface area is 146 Å². The van der Waals surface area contributed by atoms with Crippen molar-refractivity contribution in [1.29, 1.82) is 0 Å². The molecule has 0 spiro atoms. The molecule has 1 aliphatic rings. The van der Waals surface area contributed by atoms with Gasteiger partial charge in [0, 0.05) is 22.9 Å². The number of carbonyl (C=O) groups is 1. The van der Waals surface area contributed by atoms with E-state index >= 15 is 0 Å². The van der Waals surface area contributed by atoms with Crippen LogP contribution >= 0.6 is 11.3 Å². The van der Waals surface area contributed by atoms with Gasteiger partial charge in [0.15, 0.2) is 5.13 Å². The number of nitrogens with two attached hydrogens (primary N) is 1. The number of carbonyl (C=O) groups excluding carboxylic acids is 1. The van der Waals surface area contributed by atoms with Crippen molar-refractivity contribution in [2.24, 2.45) is 11.7 Å². The van der Waals surface area contributed by atoms with Gasteiger partial charge in [-0.25, -0.2) is 4.98 Å². The molecule has 128 valence electrons. The lowest BCUT2D eigenvalue weighted by Crippen LogP contribution is -2.34. The quantitative estimate of drug-likeness (QED) is 0.867. The summed E-state index contributed by atoms with van der Waals surface area (Å²) in [5.74, 6) is 0.892. The molecular weight excluding hydrogens is 322 g/mol. The number of thiazole rings is 1. The van der Waals surface area contributed by atoms with E-state index < -0.39 is 0 Å². The Morgan fingerprint density at radius 3 is 2.88 bits per heavy atom. The third-order valence-electron chi connectivity index (χ3n) is 4.28. The van der Waals surface area contributed by atoms with Crippen molar-refractivity contribution in [3.8, 4) is 17.0 Å². The molecule has 5 nitrogen and oxygen atoms in total. The largest absolute Gasteiger partial charge is 0.494 e. The molecule has 2 unspecified atom stereocenters. The minimum Gasteiger partial charge on any atom is -0.494 e. The highest BCUT2D eigenvalue weighted by Gasteiger charge is 2.25. The van der Waals surface area contributed by atoms with E-state index in [2.05, 4.69) is 10.3 Å². The number of hydrogen-bond acceptors (Lipinski definition) is 5. The van der Waals surface area contributed by atoms with E-state index in [0.29, 0.717) is 11.7 Å². The van der Waals surface area contributed by atoms with Crippen molar-refractivity contribution in [3.63, 3.8) is 0 Å². The van der Waals surface area contributed by atoms with Gasteiger partial charge in [-0.15, -0.1) is 11.3 Å². The third-order valence-corrected chi connectivity index (χ3v) is 5.04.